The molecule has 5 nitrogen and oxygen atoms in total. The monoisotopic (exact) mass is 390 g/mol. The summed E-state index contributed by atoms with van der Waals surface area (Å²) < 4.78 is 33.1. The van der Waals surface area contributed by atoms with E-state index >= 15 is 0 Å². The van der Waals surface area contributed by atoms with Crippen molar-refractivity contribution in [3.63, 3.8) is 0 Å². The van der Waals surface area contributed by atoms with Crippen molar-refractivity contribution < 1.29 is 13.2 Å². The first-order chi connectivity index (χ1) is 9.83. The summed E-state index contributed by atoms with van der Waals surface area (Å²) in [5, 5.41) is 0.302. The number of aryl methyl sites for hydroxylation is 1. The molecule has 21 heavy (non-hydrogen) atoms. The number of benzene rings is 1. The van der Waals surface area contributed by atoms with Gasteiger partial charge in [-0.2, -0.15) is 0 Å². The van der Waals surface area contributed by atoms with E-state index in [0.717, 1.165) is 4.47 Å². The van der Waals surface area contributed by atoms with Crippen LogP contribution in [0.2, 0.25) is 5.02 Å². The summed E-state index contributed by atoms with van der Waals surface area (Å²) in [6, 6.07) is 7.66. The fourth-order valence-corrected chi connectivity index (χ4v) is 3.31. The van der Waals surface area contributed by atoms with E-state index in [2.05, 4.69) is 25.6 Å². The molecule has 0 aliphatic rings. The van der Waals surface area contributed by atoms with Crippen LogP contribution in [-0.4, -0.2) is 20.5 Å². The quantitative estimate of drug-likeness (QED) is 0.864. The molecule has 0 fully saturated rings. The standard InChI is InChI=1S/C13H12BrClN2O3S/c1-8-10(14)4-6-13(16-8)17-21(18,19)12-7-9(15)3-5-11(12)20-2/h3-7H,1-2H3,(H,16,17). The van der Waals surface area contributed by atoms with Gasteiger partial charge in [-0.15, -0.1) is 0 Å². The Morgan fingerprint density at radius 2 is 2.00 bits per heavy atom. The number of sulfonamides is 1. The number of methoxy groups -OCH3 is 1. The lowest BCUT2D eigenvalue weighted by Crippen LogP contribution is -2.15. The number of halogens is 2. The van der Waals surface area contributed by atoms with Crippen molar-refractivity contribution in [2.45, 2.75) is 11.8 Å². The Hall–Kier alpha value is -1.31. The topological polar surface area (TPSA) is 68.3 Å². The van der Waals surface area contributed by atoms with E-state index in [1.807, 2.05) is 0 Å². The third kappa shape index (κ3) is 3.66. The first-order valence-corrected chi connectivity index (χ1v) is 8.48. The number of hydrogen-bond donors (Lipinski definition) is 1. The molecular weight excluding hydrogens is 380 g/mol. The van der Waals surface area contributed by atoms with E-state index in [-0.39, 0.29) is 16.5 Å². The normalized spacial score (nSPS) is 11.2. The molecule has 1 N–H and O–H groups in total. The SMILES string of the molecule is COc1ccc(Cl)cc1S(=O)(=O)Nc1ccc(Br)c(C)n1. The van der Waals surface area contributed by atoms with Gasteiger partial charge in [0.2, 0.25) is 0 Å². The number of rotatable bonds is 4. The number of ether oxygens (including phenoxy) is 1. The highest BCUT2D eigenvalue weighted by atomic mass is 79.9. The minimum atomic E-state index is -3.85. The third-order valence-electron chi connectivity index (χ3n) is 2.68. The van der Waals surface area contributed by atoms with Crippen molar-refractivity contribution in [2.24, 2.45) is 0 Å². The zero-order chi connectivity index (χ0) is 15.6. The highest BCUT2D eigenvalue weighted by molar-refractivity contribution is 9.10. The smallest absolute Gasteiger partial charge is 0.266 e. The molecule has 1 aromatic heterocycles. The summed E-state index contributed by atoms with van der Waals surface area (Å²) in [5.74, 6) is 0.429. The van der Waals surface area contributed by atoms with Crippen molar-refractivity contribution in [1.82, 2.24) is 4.98 Å². The van der Waals surface area contributed by atoms with E-state index in [0.29, 0.717) is 10.7 Å². The molecular formula is C13H12BrClN2O3S. The first kappa shape index (κ1) is 16.1. The number of aromatic nitrogens is 1. The van der Waals surface area contributed by atoms with Crippen LogP contribution in [0.15, 0.2) is 39.7 Å². The Kier molecular flexibility index (Phi) is 4.75. The molecule has 0 amide bonds. The van der Waals surface area contributed by atoms with Crippen LogP contribution in [-0.2, 0) is 10.0 Å². The van der Waals surface area contributed by atoms with Crippen molar-refractivity contribution in [1.29, 1.82) is 0 Å². The van der Waals surface area contributed by atoms with Crippen molar-refractivity contribution >= 4 is 43.4 Å². The number of hydrogen-bond acceptors (Lipinski definition) is 4. The summed E-state index contributed by atoms with van der Waals surface area (Å²) in [6.45, 7) is 1.77. The third-order valence-corrected chi connectivity index (χ3v) is 5.12. The summed E-state index contributed by atoms with van der Waals surface area (Å²) in [4.78, 5) is 4.11. The molecule has 0 atom stereocenters. The van der Waals surface area contributed by atoms with Crippen LogP contribution < -0.4 is 9.46 Å². The molecule has 1 heterocycles. The average Bonchev–Trinajstić information content (AvgIpc) is 2.42. The van der Waals surface area contributed by atoms with Crippen molar-refractivity contribution in [2.75, 3.05) is 11.8 Å². The zero-order valence-corrected chi connectivity index (χ0v) is 14.4. The van der Waals surface area contributed by atoms with Gasteiger partial charge in [-0.3, -0.25) is 4.72 Å². The van der Waals surface area contributed by atoms with Gasteiger partial charge in [-0.05, 0) is 53.2 Å². The Labute approximate surface area is 136 Å². The fourth-order valence-electron chi connectivity index (χ4n) is 1.65. The maximum atomic E-state index is 12.4. The summed E-state index contributed by atoms with van der Waals surface area (Å²) in [6.07, 6.45) is 0. The van der Waals surface area contributed by atoms with Gasteiger partial charge in [0.25, 0.3) is 10.0 Å². The number of nitrogens with zero attached hydrogens (tertiary/aromatic N) is 1. The molecule has 2 aromatic rings. The second-order valence-corrected chi connectivity index (χ2v) is 7.11. The number of pyridine rings is 1. The lowest BCUT2D eigenvalue weighted by atomic mass is 10.3. The van der Waals surface area contributed by atoms with E-state index in [1.165, 1.54) is 19.2 Å². The van der Waals surface area contributed by atoms with Crippen LogP contribution in [0.4, 0.5) is 5.82 Å². The highest BCUT2D eigenvalue weighted by Gasteiger charge is 2.20. The van der Waals surface area contributed by atoms with E-state index in [9.17, 15) is 8.42 Å². The van der Waals surface area contributed by atoms with Gasteiger partial charge in [-0.25, -0.2) is 13.4 Å². The summed E-state index contributed by atoms with van der Waals surface area (Å²) in [7, 11) is -2.45. The molecule has 0 bridgehead atoms. The highest BCUT2D eigenvalue weighted by Crippen LogP contribution is 2.28. The van der Waals surface area contributed by atoms with Crippen molar-refractivity contribution in [3.8, 4) is 5.75 Å². The average molecular weight is 392 g/mol. The minimum Gasteiger partial charge on any atom is -0.495 e. The van der Waals surface area contributed by atoms with E-state index < -0.39 is 10.0 Å². The molecule has 112 valence electrons. The van der Waals surface area contributed by atoms with Crippen LogP contribution in [0.1, 0.15) is 5.69 Å². The van der Waals surface area contributed by atoms with Crippen molar-refractivity contribution in [3.05, 3.63) is 45.5 Å². The lowest BCUT2D eigenvalue weighted by Gasteiger charge is -2.12. The van der Waals surface area contributed by atoms with Crippen LogP contribution in [0.25, 0.3) is 0 Å². The lowest BCUT2D eigenvalue weighted by molar-refractivity contribution is 0.403. The van der Waals surface area contributed by atoms with Gasteiger partial charge >= 0.3 is 0 Å². The summed E-state index contributed by atoms with van der Waals surface area (Å²) in [5.41, 5.74) is 0.674. The minimum absolute atomic E-state index is 0.0418. The molecule has 0 saturated carbocycles. The number of nitrogens with one attached hydrogen (secondary N) is 1. The molecule has 0 spiro atoms. The van der Waals surface area contributed by atoms with Crippen LogP contribution in [0, 0.1) is 6.92 Å². The van der Waals surface area contributed by atoms with Gasteiger partial charge in [-0.1, -0.05) is 11.6 Å². The molecule has 2 rings (SSSR count). The molecule has 0 radical (unpaired) electrons. The largest absolute Gasteiger partial charge is 0.495 e. The van der Waals surface area contributed by atoms with Gasteiger partial charge in [0.1, 0.15) is 16.5 Å². The van der Waals surface area contributed by atoms with Crippen LogP contribution in [0.5, 0.6) is 5.75 Å². The molecule has 0 aliphatic heterocycles. The Bertz CT molecular complexity index is 781. The molecule has 0 saturated heterocycles. The van der Waals surface area contributed by atoms with Gasteiger partial charge in [0.05, 0.1) is 12.8 Å². The molecule has 1 aromatic carbocycles. The van der Waals surface area contributed by atoms with Gasteiger partial charge in [0.15, 0.2) is 0 Å². The molecule has 8 heteroatoms. The molecule has 0 aliphatic carbocycles. The predicted octanol–water partition coefficient (Wildman–Crippen LogP) is 3.62. The first-order valence-electron chi connectivity index (χ1n) is 5.83. The Morgan fingerprint density at radius 3 is 2.62 bits per heavy atom. The predicted molar refractivity (Wildman–Crippen MR) is 85.5 cm³/mol. The Morgan fingerprint density at radius 1 is 1.29 bits per heavy atom. The summed E-state index contributed by atoms with van der Waals surface area (Å²) >= 11 is 9.17. The Balaban J connectivity index is 2.42. The maximum absolute atomic E-state index is 12.4. The number of anilines is 1. The second kappa shape index (κ2) is 6.21. The fraction of sp³-hybridized carbons (Fsp3) is 0.154. The van der Waals surface area contributed by atoms with Crippen LogP contribution >= 0.6 is 27.5 Å². The van der Waals surface area contributed by atoms with E-state index in [4.69, 9.17) is 16.3 Å². The van der Waals surface area contributed by atoms with Gasteiger partial charge in [0, 0.05) is 9.50 Å². The van der Waals surface area contributed by atoms with E-state index in [1.54, 1.807) is 25.1 Å². The zero-order valence-electron chi connectivity index (χ0n) is 11.2. The second-order valence-electron chi connectivity index (χ2n) is 4.16. The van der Waals surface area contributed by atoms with Gasteiger partial charge < -0.3 is 4.74 Å². The maximum Gasteiger partial charge on any atom is 0.266 e. The van der Waals surface area contributed by atoms with Crippen LogP contribution in [0.3, 0.4) is 0 Å². The molecule has 0 unspecified atom stereocenters.